The fraction of sp³-hybridized carbons (Fsp3) is 0.593. The Morgan fingerprint density at radius 1 is 1.11 bits per heavy atom. The van der Waals surface area contributed by atoms with Crippen molar-refractivity contribution in [2.75, 3.05) is 7.11 Å². The molecule has 10 heteroatoms. The Bertz CT molecular complexity index is 1150. The Morgan fingerprint density at radius 3 is 2.49 bits per heavy atom. The number of rotatable bonds is 11. The average Bonchev–Trinajstić information content (AvgIpc) is 3.22. The minimum absolute atomic E-state index is 0.0890. The molecule has 1 fully saturated rings. The van der Waals surface area contributed by atoms with Crippen LogP contribution < -0.4 is 21.1 Å². The van der Waals surface area contributed by atoms with Crippen LogP contribution in [0.2, 0.25) is 0 Å². The first-order chi connectivity index (χ1) is 17.6. The third-order valence-electron chi connectivity index (χ3n) is 6.47. The van der Waals surface area contributed by atoms with E-state index >= 15 is 0 Å². The molecule has 0 bridgehead atoms. The second-order valence-corrected chi connectivity index (χ2v) is 10.5. The van der Waals surface area contributed by atoms with Crippen LogP contribution in [0.1, 0.15) is 80.8 Å². The van der Waals surface area contributed by atoms with E-state index in [-0.39, 0.29) is 35.6 Å². The largest absolute Gasteiger partial charge is 0.496 e. The van der Waals surface area contributed by atoms with Gasteiger partial charge < -0.3 is 19.8 Å². The molecule has 1 aromatic carbocycles. The quantitative estimate of drug-likeness (QED) is 0.440. The number of aromatic nitrogens is 2. The Labute approximate surface area is 217 Å². The molecule has 0 radical (unpaired) electrons. The van der Waals surface area contributed by atoms with Crippen molar-refractivity contribution in [3.05, 3.63) is 46.3 Å². The number of Topliss-reactive ketones (excluding diaryl/α,β-unsaturated/α-hetero) is 1. The molecule has 10 nitrogen and oxygen atoms in total. The van der Waals surface area contributed by atoms with Gasteiger partial charge in [-0.3, -0.25) is 14.4 Å². The van der Waals surface area contributed by atoms with Crippen LogP contribution in [0.4, 0.5) is 0 Å². The summed E-state index contributed by atoms with van der Waals surface area (Å²) >= 11 is 0. The molecule has 0 aliphatic heterocycles. The van der Waals surface area contributed by atoms with E-state index < -0.39 is 23.5 Å². The minimum atomic E-state index is -0.898. The van der Waals surface area contributed by atoms with Crippen molar-refractivity contribution in [2.24, 2.45) is 17.8 Å². The molecule has 0 spiro atoms. The Morgan fingerprint density at radius 2 is 1.81 bits per heavy atom. The van der Waals surface area contributed by atoms with Crippen LogP contribution >= 0.6 is 0 Å². The van der Waals surface area contributed by atoms with E-state index in [2.05, 4.69) is 15.7 Å². The van der Waals surface area contributed by atoms with Crippen molar-refractivity contribution in [3.63, 3.8) is 0 Å². The molecule has 2 aromatic rings. The van der Waals surface area contributed by atoms with Gasteiger partial charge in [-0.1, -0.05) is 52.7 Å². The zero-order valence-electron chi connectivity index (χ0n) is 22.3. The standard InChI is InChI=1S/C27H38N4O6/c1-16(2)14-21(23(32)26-30-31(15-17(3)4)27(35)37-26)29-24(33)18-10-6-8-12-20(18)28-25(34)19-11-7-9-13-22(19)36-5/h7,9,11,13,16-18,20-21H,6,8,10,12,14-15H2,1-5H3,(H,28,34)(H,29,33)/t18-,20+,21+/m1/s1. The maximum absolute atomic E-state index is 13.4. The number of benzene rings is 1. The topological polar surface area (TPSA) is 133 Å². The van der Waals surface area contributed by atoms with Crippen LogP contribution in [0.25, 0.3) is 0 Å². The maximum atomic E-state index is 13.4. The van der Waals surface area contributed by atoms with E-state index in [1.54, 1.807) is 24.3 Å². The number of carbonyl (C=O) groups excluding carboxylic acids is 3. The molecule has 0 saturated heterocycles. The van der Waals surface area contributed by atoms with Crippen molar-refractivity contribution in [2.45, 2.75) is 78.4 Å². The van der Waals surface area contributed by atoms with E-state index in [4.69, 9.17) is 9.15 Å². The summed E-state index contributed by atoms with van der Waals surface area (Å²) < 4.78 is 11.6. The number of methoxy groups -OCH3 is 1. The zero-order valence-corrected chi connectivity index (χ0v) is 22.3. The molecular weight excluding hydrogens is 476 g/mol. The van der Waals surface area contributed by atoms with E-state index in [1.807, 2.05) is 27.7 Å². The van der Waals surface area contributed by atoms with Gasteiger partial charge in [0.15, 0.2) is 0 Å². The third kappa shape index (κ3) is 7.30. The van der Waals surface area contributed by atoms with E-state index in [0.717, 1.165) is 17.5 Å². The molecule has 1 heterocycles. The molecule has 1 aromatic heterocycles. The predicted octanol–water partition coefficient (Wildman–Crippen LogP) is 3.20. The highest BCUT2D eigenvalue weighted by Crippen LogP contribution is 2.27. The zero-order chi connectivity index (χ0) is 27.1. The molecule has 1 aliphatic rings. The lowest BCUT2D eigenvalue weighted by molar-refractivity contribution is -0.127. The number of nitrogens with one attached hydrogen (secondary N) is 2. The first kappa shape index (κ1) is 28.1. The first-order valence-corrected chi connectivity index (χ1v) is 13.0. The van der Waals surface area contributed by atoms with Gasteiger partial charge in [0.25, 0.3) is 11.8 Å². The van der Waals surface area contributed by atoms with Crippen LogP contribution in [-0.2, 0) is 11.3 Å². The molecule has 1 aliphatic carbocycles. The number of ether oxygens (including phenoxy) is 1. The minimum Gasteiger partial charge on any atom is -0.496 e. The van der Waals surface area contributed by atoms with Gasteiger partial charge >= 0.3 is 5.76 Å². The van der Waals surface area contributed by atoms with Gasteiger partial charge in [0.1, 0.15) is 5.75 Å². The molecule has 1 saturated carbocycles. The fourth-order valence-corrected chi connectivity index (χ4v) is 4.69. The highest BCUT2D eigenvalue weighted by atomic mass is 16.5. The van der Waals surface area contributed by atoms with Crippen LogP contribution in [0.3, 0.4) is 0 Å². The molecule has 0 unspecified atom stereocenters. The van der Waals surface area contributed by atoms with Crippen molar-refractivity contribution >= 4 is 17.6 Å². The monoisotopic (exact) mass is 514 g/mol. The highest BCUT2D eigenvalue weighted by Gasteiger charge is 2.36. The lowest BCUT2D eigenvalue weighted by Crippen LogP contribution is -2.52. The SMILES string of the molecule is COc1ccccc1C(=O)N[C@H]1CCCC[C@H]1C(=O)N[C@@H](CC(C)C)C(=O)c1nn(CC(C)C)c(=O)o1. The van der Waals surface area contributed by atoms with Crippen molar-refractivity contribution in [3.8, 4) is 5.75 Å². The number of carbonyl (C=O) groups is 3. The van der Waals surface area contributed by atoms with Gasteiger partial charge in [-0.05, 0) is 43.2 Å². The summed E-state index contributed by atoms with van der Waals surface area (Å²) in [4.78, 5) is 51.8. The van der Waals surface area contributed by atoms with Crippen molar-refractivity contribution < 1.29 is 23.5 Å². The van der Waals surface area contributed by atoms with Gasteiger partial charge in [-0.25, -0.2) is 4.79 Å². The van der Waals surface area contributed by atoms with Crippen LogP contribution in [0.5, 0.6) is 5.75 Å². The summed E-state index contributed by atoms with van der Waals surface area (Å²) in [6.07, 6.45) is 3.32. The van der Waals surface area contributed by atoms with Crippen LogP contribution in [-0.4, -0.2) is 46.6 Å². The summed E-state index contributed by atoms with van der Waals surface area (Å²) in [5.41, 5.74) is 0.398. The lowest BCUT2D eigenvalue weighted by atomic mass is 9.83. The number of para-hydroxylation sites is 1. The van der Waals surface area contributed by atoms with Crippen molar-refractivity contribution in [1.29, 1.82) is 0 Å². The molecule has 2 N–H and O–H groups in total. The summed E-state index contributed by atoms with van der Waals surface area (Å²) in [6.45, 7) is 8.06. The number of ketones is 1. The van der Waals surface area contributed by atoms with Crippen molar-refractivity contribution in [1.82, 2.24) is 20.4 Å². The second-order valence-electron chi connectivity index (χ2n) is 10.5. The summed E-state index contributed by atoms with van der Waals surface area (Å²) in [5, 5.41) is 9.95. The summed E-state index contributed by atoms with van der Waals surface area (Å²) in [7, 11) is 1.50. The Balaban J connectivity index is 1.76. The molecule has 3 atom stereocenters. The van der Waals surface area contributed by atoms with E-state index in [1.165, 1.54) is 7.11 Å². The smallest absolute Gasteiger partial charge is 0.437 e. The van der Waals surface area contributed by atoms with Gasteiger partial charge in [0.05, 0.1) is 31.2 Å². The van der Waals surface area contributed by atoms with E-state index in [0.29, 0.717) is 37.1 Å². The van der Waals surface area contributed by atoms with Gasteiger partial charge in [0.2, 0.25) is 11.7 Å². The second kappa shape index (κ2) is 12.7. The number of nitrogens with zero attached hydrogens (tertiary/aromatic N) is 2. The summed E-state index contributed by atoms with van der Waals surface area (Å²) in [5.74, 6) is -1.97. The third-order valence-corrected chi connectivity index (χ3v) is 6.47. The normalized spacial score (nSPS) is 18.5. The Kier molecular flexibility index (Phi) is 9.66. The number of hydrogen-bond donors (Lipinski definition) is 2. The first-order valence-electron chi connectivity index (χ1n) is 13.0. The lowest BCUT2D eigenvalue weighted by Gasteiger charge is -2.32. The van der Waals surface area contributed by atoms with E-state index in [9.17, 15) is 19.2 Å². The molecule has 2 amide bonds. The number of amides is 2. The van der Waals surface area contributed by atoms with Crippen LogP contribution in [0.15, 0.2) is 33.5 Å². The van der Waals surface area contributed by atoms with Gasteiger partial charge in [-0.2, -0.15) is 4.68 Å². The average molecular weight is 515 g/mol. The molecule has 3 rings (SSSR count). The van der Waals surface area contributed by atoms with Gasteiger partial charge in [-0.15, -0.1) is 5.10 Å². The highest BCUT2D eigenvalue weighted by molar-refractivity contribution is 5.99. The van der Waals surface area contributed by atoms with Crippen LogP contribution in [0, 0.1) is 17.8 Å². The Hall–Kier alpha value is -3.43. The van der Waals surface area contributed by atoms with Gasteiger partial charge in [0, 0.05) is 6.04 Å². The molecular formula is C27H38N4O6. The predicted molar refractivity (Wildman–Crippen MR) is 138 cm³/mol. The molecule has 37 heavy (non-hydrogen) atoms. The molecule has 202 valence electrons. The number of hydrogen-bond acceptors (Lipinski definition) is 7. The fourth-order valence-electron chi connectivity index (χ4n) is 4.69. The maximum Gasteiger partial charge on any atom is 0.437 e. The summed E-state index contributed by atoms with van der Waals surface area (Å²) in [6, 6.07) is 5.64.